The minimum atomic E-state index is -3.74. The van der Waals surface area contributed by atoms with Crippen LogP contribution in [-0.2, 0) is 16.4 Å². The number of carbonyl (C=O) groups excluding carboxylic acids is 1. The van der Waals surface area contributed by atoms with E-state index in [-0.39, 0.29) is 28.3 Å². The molecule has 1 amide bonds. The second kappa shape index (κ2) is 10.9. The average Bonchev–Trinajstić information content (AvgIpc) is 3.62. The van der Waals surface area contributed by atoms with Crippen LogP contribution in [0.1, 0.15) is 22.8 Å². The molecule has 0 aliphatic heterocycles. The summed E-state index contributed by atoms with van der Waals surface area (Å²) in [4.78, 5) is 17.6. The summed E-state index contributed by atoms with van der Waals surface area (Å²) >= 11 is 0. The first-order chi connectivity index (χ1) is 21.0. The van der Waals surface area contributed by atoms with Crippen LogP contribution in [0, 0.1) is 11.6 Å². The summed E-state index contributed by atoms with van der Waals surface area (Å²) in [5, 5.41) is 3.06. The summed E-state index contributed by atoms with van der Waals surface area (Å²) in [6, 6.07) is 18.8. The maximum atomic E-state index is 14.5. The lowest BCUT2D eigenvalue weighted by Crippen LogP contribution is -2.25. The first kappa shape index (κ1) is 29.1. The largest absolute Gasteiger partial charge is 0.455 e. The molecule has 8 nitrogen and oxygen atoms in total. The van der Waals surface area contributed by atoms with Crippen molar-refractivity contribution in [3.05, 3.63) is 95.6 Å². The second-order valence-electron chi connectivity index (χ2n) is 10.3. The van der Waals surface area contributed by atoms with Crippen molar-refractivity contribution in [3.8, 4) is 33.9 Å². The van der Waals surface area contributed by atoms with Crippen molar-refractivity contribution in [2.75, 3.05) is 24.7 Å². The molecule has 0 fully saturated rings. The molecule has 6 rings (SSSR count). The number of hydrogen-bond acceptors (Lipinski definition) is 6. The van der Waals surface area contributed by atoms with E-state index in [9.17, 15) is 22.0 Å². The molecular formula is C33H27F2N3O5S. The van der Waals surface area contributed by atoms with Crippen molar-refractivity contribution < 1.29 is 30.8 Å². The Labute approximate surface area is 252 Å². The molecule has 0 aliphatic carbocycles. The van der Waals surface area contributed by atoms with Crippen LogP contribution in [0.3, 0.4) is 0 Å². The Bertz CT molecular complexity index is 2190. The Morgan fingerprint density at radius 3 is 2.32 bits per heavy atom. The molecule has 6 aromatic rings. The standard InChI is InChI=1S/C33H27F2N3O5S/c1-5-18-9-10-20(15-23(18)33-37-30-25(35)7-6-8-27(30)43-33)22-16-24-28(17-26(22)38(3)44(4,40)41)42-31(29(24)32(39)36-2)19-11-13-21(34)14-12-19/h6-17H,5H2,1-4H3,(H,36,39). The topological polar surface area (TPSA) is 106 Å². The minimum absolute atomic E-state index is 0.107. The number of anilines is 1. The van der Waals surface area contributed by atoms with E-state index in [1.807, 2.05) is 25.1 Å². The SMILES string of the molecule is CCc1ccc(-c2cc3c(C(=O)NC)c(-c4ccc(F)cc4)oc3cc2N(C)S(C)(=O)=O)cc1-c1nc2c(F)cccc2o1. The van der Waals surface area contributed by atoms with E-state index in [0.29, 0.717) is 45.3 Å². The number of fused-ring (bicyclic) bond motifs is 2. The van der Waals surface area contributed by atoms with Crippen molar-refractivity contribution in [1.82, 2.24) is 10.3 Å². The van der Waals surface area contributed by atoms with E-state index < -0.39 is 27.6 Å². The monoisotopic (exact) mass is 615 g/mol. The highest BCUT2D eigenvalue weighted by Gasteiger charge is 2.26. The number of benzene rings is 4. The van der Waals surface area contributed by atoms with E-state index in [2.05, 4.69) is 10.3 Å². The summed E-state index contributed by atoms with van der Waals surface area (Å²) < 4.78 is 67.0. The zero-order valence-electron chi connectivity index (χ0n) is 24.2. The molecule has 0 saturated carbocycles. The highest BCUT2D eigenvalue weighted by Crippen LogP contribution is 2.42. The van der Waals surface area contributed by atoms with Gasteiger partial charge in [0.15, 0.2) is 11.4 Å². The van der Waals surface area contributed by atoms with Crippen LogP contribution in [-0.4, -0.2) is 39.7 Å². The van der Waals surface area contributed by atoms with Gasteiger partial charge in [0.1, 0.15) is 22.7 Å². The normalized spacial score (nSPS) is 11.8. The van der Waals surface area contributed by atoms with E-state index in [4.69, 9.17) is 8.83 Å². The molecule has 0 atom stereocenters. The molecular weight excluding hydrogens is 588 g/mol. The number of aryl methyl sites for hydroxylation is 1. The van der Waals surface area contributed by atoms with Gasteiger partial charge in [0.05, 0.1) is 17.5 Å². The molecule has 11 heteroatoms. The highest BCUT2D eigenvalue weighted by molar-refractivity contribution is 7.92. The van der Waals surface area contributed by atoms with Crippen molar-refractivity contribution >= 4 is 43.7 Å². The summed E-state index contributed by atoms with van der Waals surface area (Å²) in [6.45, 7) is 1.97. The van der Waals surface area contributed by atoms with Crippen LogP contribution in [0.15, 0.2) is 81.6 Å². The number of furan rings is 1. The van der Waals surface area contributed by atoms with E-state index in [1.165, 1.54) is 44.4 Å². The van der Waals surface area contributed by atoms with Gasteiger partial charge in [0.25, 0.3) is 5.91 Å². The first-order valence-electron chi connectivity index (χ1n) is 13.7. The Balaban J connectivity index is 1.64. The fourth-order valence-electron chi connectivity index (χ4n) is 5.24. The van der Waals surface area contributed by atoms with Gasteiger partial charge in [-0.25, -0.2) is 22.2 Å². The Kier molecular flexibility index (Phi) is 7.21. The molecule has 0 bridgehead atoms. The van der Waals surface area contributed by atoms with Crippen LogP contribution < -0.4 is 9.62 Å². The number of rotatable bonds is 7. The van der Waals surface area contributed by atoms with Gasteiger partial charge in [-0.15, -0.1) is 0 Å². The van der Waals surface area contributed by atoms with Crippen LogP contribution in [0.5, 0.6) is 0 Å². The fraction of sp³-hybridized carbons (Fsp3) is 0.152. The molecule has 0 saturated heterocycles. The highest BCUT2D eigenvalue weighted by atomic mass is 32.2. The van der Waals surface area contributed by atoms with Gasteiger partial charge in [-0.05, 0) is 66.1 Å². The van der Waals surface area contributed by atoms with E-state index in [0.717, 1.165) is 16.1 Å². The fourth-order valence-corrected chi connectivity index (χ4v) is 5.75. The lowest BCUT2D eigenvalue weighted by Gasteiger charge is -2.21. The van der Waals surface area contributed by atoms with Gasteiger partial charge in [-0.1, -0.05) is 25.1 Å². The van der Waals surface area contributed by atoms with Crippen LogP contribution in [0.2, 0.25) is 0 Å². The van der Waals surface area contributed by atoms with Gasteiger partial charge < -0.3 is 14.2 Å². The van der Waals surface area contributed by atoms with Gasteiger partial charge in [0.2, 0.25) is 15.9 Å². The molecule has 1 N–H and O–H groups in total. The second-order valence-corrected chi connectivity index (χ2v) is 12.3. The average molecular weight is 616 g/mol. The number of aromatic nitrogens is 1. The molecule has 4 aromatic carbocycles. The Hall–Kier alpha value is -5.03. The first-order valence-corrected chi connectivity index (χ1v) is 15.6. The summed E-state index contributed by atoms with van der Waals surface area (Å²) in [7, 11) is -0.823. The Morgan fingerprint density at radius 2 is 1.66 bits per heavy atom. The zero-order valence-corrected chi connectivity index (χ0v) is 25.1. The van der Waals surface area contributed by atoms with Crippen LogP contribution in [0.4, 0.5) is 14.5 Å². The maximum Gasteiger partial charge on any atom is 0.255 e. The number of amides is 1. The number of para-hydroxylation sites is 1. The lowest BCUT2D eigenvalue weighted by atomic mass is 9.94. The van der Waals surface area contributed by atoms with Crippen LogP contribution in [0.25, 0.3) is 56.0 Å². The molecule has 0 radical (unpaired) electrons. The summed E-state index contributed by atoms with van der Waals surface area (Å²) in [6.07, 6.45) is 1.71. The minimum Gasteiger partial charge on any atom is -0.455 e. The Morgan fingerprint density at radius 1 is 0.932 bits per heavy atom. The maximum absolute atomic E-state index is 14.5. The number of sulfonamides is 1. The summed E-state index contributed by atoms with van der Waals surface area (Å²) in [5.41, 5.74) is 4.21. The number of halogens is 2. The number of carbonyl (C=O) groups is 1. The number of hydrogen-bond donors (Lipinski definition) is 1. The number of nitrogens with one attached hydrogen (secondary N) is 1. The van der Waals surface area contributed by atoms with Crippen molar-refractivity contribution in [3.63, 3.8) is 0 Å². The van der Waals surface area contributed by atoms with Gasteiger partial charge in [-0.2, -0.15) is 0 Å². The molecule has 0 aliphatic rings. The predicted octanol–water partition coefficient (Wildman–Crippen LogP) is 7.17. The molecule has 44 heavy (non-hydrogen) atoms. The predicted molar refractivity (Wildman–Crippen MR) is 166 cm³/mol. The third-order valence-electron chi connectivity index (χ3n) is 7.61. The smallest absolute Gasteiger partial charge is 0.255 e. The third kappa shape index (κ3) is 4.98. The van der Waals surface area contributed by atoms with Crippen molar-refractivity contribution in [2.24, 2.45) is 0 Å². The van der Waals surface area contributed by atoms with Crippen molar-refractivity contribution in [1.29, 1.82) is 0 Å². The van der Waals surface area contributed by atoms with Gasteiger partial charge >= 0.3 is 0 Å². The summed E-state index contributed by atoms with van der Waals surface area (Å²) in [5.74, 6) is -0.962. The van der Waals surface area contributed by atoms with E-state index in [1.54, 1.807) is 24.3 Å². The van der Waals surface area contributed by atoms with Gasteiger partial charge in [-0.3, -0.25) is 9.10 Å². The third-order valence-corrected chi connectivity index (χ3v) is 8.80. The molecule has 224 valence electrons. The lowest BCUT2D eigenvalue weighted by molar-refractivity contribution is 0.0964. The molecule has 2 heterocycles. The molecule has 0 spiro atoms. The van der Waals surface area contributed by atoms with E-state index >= 15 is 0 Å². The van der Waals surface area contributed by atoms with Crippen LogP contribution >= 0.6 is 0 Å². The van der Waals surface area contributed by atoms with Gasteiger partial charge in [0, 0.05) is 42.2 Å². The zero-order chi connectivity index (χ0) is 31.3. The van der Waals surface area contributed by atoms with Crippen molar-refractivity contribution in [2.45, 2.75) is 13.3 Å². The quantitative estimate of drug-likeness (QED) is 0.204. The number of oxazole rings is 1. The number of nitrogens with zero attached hydrogens (tertiary/aromatic N) is 2. The molecule has 0 unspecified atom stereocenters. The molecule has 2 aromatic heterocycles.